The van der Waals surface area contributed by atoms with Crippen LogP contribution in [-0.4, -0.2) is 45.9 Å². The van der Waals surface area contributed by atoms with E-state index in [9.17, 15) is 14.0 Å². The number of carbonyl (C=O) groups is 2. The summed E-state index contributed by atoms with van der Waals surface area (Å²) < 4.78 is 13.5. The highest BCUT2D eigenvalue weighted by Crippen LogP contribution is 2.28. The molecule has 7 heteroatoms. The number of fused-ring (bicyclic) bond motifs is 1. The molecule has 0 bridgehead atoms. The molecule has 4 aromatic rings. The van der Waals surface area contributed by atoms with Crippen LogP contribution in [0.4, 0.5) is 14.9 Å². The maximum Gasteiger partial charge on any atom is 0.322 e. The van der Waals surface area contributed by atoms with E-state index in [1.165, 1.54) is 12.1 Å². The van der Waals surface area contributed by atoms with Crippen LogP contribution in [0.25, 0.3) is 10.9 Å². The molecule has 0 unspecified atom stereocenters. The number of urea groups is 1. The van der Waals surface area contributed by atoms with E-state index in [1.807, 2.05) is 55.6 Å². The standard InChI is InChI=1S/C30H31FN4O2/c1-21-6-2-4-8-27(21)33-30(37)35(25-14-15-25)20-29(36)34(19-22-10-12-24(31)13-11-22)17-16-23-18-32-28-9-5-3-7-26(23)28/h2-13,18,25,32H,14-17,19-20H2,1H3,(H,33,37). The van der Waals surface area contributed by atoms with E-state index in [2.05, 4.69) is 16.4 Å². The van der Waals surface area contributed by atoms with Gasteiger partial charge < -0.3 is 20.1 Å². The van der Waals surface area contributed by atoms with Crippen molar-refractivity contribution in [1.82, 2.24) is 14.8 Å². The van der Waals surface area contributed by atoms with Crippen LogP contribution in [0.15, 0.2) is 79.0 Å². The normalized spacial score (nSPS) is 12.9. The lowest BCUT2D eigenvalue weighted by Gasteiger charge is -2.28. The van der Waals surface area contributed by atoms with E-state index in [-0.39, 0.29) is 30.3 Å². The summed E-state index contributed by atoms with van der Waals surface area (Å²) in [6.07, 6.45) is 4.43. The zero-order chi connectivity index (χ0) is 25.8. The first-order valence-corrected chi connectivity index (χ1v) is 12.7. The molecule has 6 nitrogen and oxygen atoms in total. The molecule has 3 amide bonds. The van der Waals surface area contributed by atoms with Crippen molar-refractivity contribution in [3.8, 4) is 0 Å². The number of halogens is 1. The minimum absolute atomic E-state index is 0.00252. The Hall–Kier alpha value is -4.13. The molecule has 0 radical (unpaired) electrons. The first-order valence-electron chi connectivity index (χ1n) is 12.7. The molecule has 2 N–H and O–H groups in total. The van der Waals surface area contributed by atoms with Crippen LogP contribution >= 0.6 is 0 Å². The van der Waals surface area contributed by atoms with Crippen LogP contribution in [-0.2, 0) is 17.8 Å². The summed E-state index contributed by atoms with van der Waals surface area (Å²) in [5.41, 5.74) is 4.74. The maximum atomic E-state index is 13.6. The van der Waals surface area contributed by atoms with Crippen LogP contribution in [0.2, 0.25) is 0 Å². The van der Waals surface area contributed by atoms with E-state index in [0.29, 0.717) is 19.5 Å². The van der Waals surface area contributed by atoms with Gasteiger partial charge in [0.05, 0.1) is 0 Å². The first-order chi connectivity index (χ1) is 18.0. The summed E-state index contributed by atoms with van der Waals surface area (Å²) in [7, 11) is 0. The van der Waals surface area contributed by atoms with Gasteiger partial charge in [0.2, 0.25) is 5.91 Å². The van der Waals surface area contributed by atoms with Crippen molar-refractivity contribution < 1.29 is 14.0 Å². The molecular formula is C30H31FN4O2. The molecule has 1 aliphatic rings. The average Bonchev–Trinajstić information content (AvgIpc) is 3.66. The third kappa shape index (κ3) is 6.00. The van der Waals surface area contributed by atoms with E-state index in [1.54, 1.807) is 21.9 Å². The molecule has 37 heavy (non-hydrogen) atoms. The second-order valence-corrected chi connectivity index (χ2v) is 9.66. The molecule has 0 spiro atoms. The van der Waals surface area contributed by atoms with Gasteiger partial charge in [0.25, 0.3) is 0 Å². The number of aromatic nitrogens is 1. The predicted molar refractivity (Wildman–Crippen MR) is 144 cm³/mol. The van der Waals surface area contributed by atoms with Gasteiger partial charge in [-0.05, 0) is 67.1 Å². The average molecular weight is 499 g/mol. The predicted octanol–water partition coefficient (Wildman–Crippen LogP) is 5.88. The second-order valence-electron chi connectivity index (χ2n) is 9.66. The molecule has 0 atom stereocenters. The van der Waals surface area contributed by atoms with Crippen molar-refractivity contribution in [1.29, 1.82) is 0 Å². The van der Waals surface area contributed by atoms with Gasteiger partial charge in [0, 0.05) is 41.9 Å². The van der Waals surface area contributed by atoms with Crippen molar-refractivity contribution in [2.24, 2.45) is 0 Å². The maximum absolute atomic E-state index is 13.6. The van der Waals surface area contributed by atoms with Gasteiger partial charge >= 0.3 is 6.03 Å². The zero-order valence-electron chi connectivity index (χ0n) is 20.9. The number of carbonyl (C=O) groups excluding carboxylic acids is 2. The minimum Gasteiger partial charge on any atom is -0.361 e. The monoisotopic (exact) mass is 498 g/mol. The van der Waals surface area contributed by atoms with E-state index in [4.69, 9.17) is 0 Å². The van der Waals surface area contributed by atoms with Crippen molar-refractivity contribution in [3.05, 3.63) is 102 Å². The third-order valence-electron chi connectivity index (χ3n) is 6.91. The van der Waals surface area contributed by atoms with Gasteiger partial charge in [-0.15, -0.1) is 0 Å². The number of aryl methyl sites for hydroxylation is 1. The minimum atomic E-state index is -0.312. The molecule has 0 saturated heterocycles. The van der Waals surface area contributed by atoms with Crippen LogP contribution in [0.5, 0.6) is 0 Å². The Morgan fingerprint density at radius 1 is 1.00 bits per heavy atom. The first kappa shape index (κ1) is 24.6. The Kier molecular flexibility index (Phi) is 7.21. The van der Waals surface area contributed by atoms with Crippen LogP contribution < -0.4 is 5.32 Å². The Morgan fingerprint density at radius 3 is 2.49 bits per heavy atom. The van der Waals surface area contributed by atoms with E-state index in [0.717, 1.165) is 46.1 Å². The Labute approximate surface area is 216 Å². The highest BCUT2D eigenvalue weighted by Gasteiger charge is 2.35. The summed E-state index contributed by atoms with van der Waals surface area (Å²) in [5.74, 6) is -0.441. The smallest absolute Gasteiger partial charge is 0.322 e. The largest absolute Gasteiger partial charge is 0.361 e. The lowest BCUT2D eigenvalue weighted by Crippen LogP contribution is -2.46. The van der Waals surface area contributed by atoms with Gasteiger partial charge in [-0.1, -0.05) is 48.5 Å². The lowest BCUT2D eigenvalue weighted by molar-refractivity contribution is -0.132. The number of benzene rings is 3. The van der Waals surface area contributed by atoms with Crippen molar-refractivity contribution in [2.45, 2.75) is 38.8 Å². The summed E-state index contributed by atoms with van der Waals surface area (Å²) in [6, 6.07) is 21.7. The molecule has 1 heterocycles. The summed E-state index contributed by atoms with van der Waals surface area (Å²) in [5, 5.41) is 4.11. The number of para-hydroxylation sites is 2. The topological polar surface area (TPSA) is 68.4 Å². The molecule has 5 rings (SSSR count). The molecule has 0 aliphatic heterocycles. The van der Waals surface area contributed by atoms with Gasteiger partial charge in [-0.2, -0.15) is 0 Å². The molecule has 1 aliphatic carbocycles. The van der Waals surface area contributed by atoms with Gasteiger partial charge in [-0.3, -0.25) is 4.79 Å². The number of rotatable bonds is 9. The fourth-order valence-electron chi connectivity index (χ4n) is 4.59. The second kappa shape index (κ2) is 10.9. The number of nitrogens with one attached hydrogen (secondary N) is 2. The number of amides is 3. The molecule has 1 aromatic heterocycles. The van der Waals surface area contributed by atoms with Crippen LogP contribution in [0, 0.1) is 12.7 Å². The van der Waals surface area contributed by atoms with Crippen LogP contribution in [0.3, 0.4) is 0 Å². The number of hydrogen-bond donors (Lipinski definition) is 2. The van der Waals surface area contributed by atoms with Crippen molar-refractivity contribution >= 4 is 28.5 Å². The Morgan fingerprint density at radius 2 is 1.73 bits per heavy atom. The number of aromatic amines is 1. The quantitative estimate of drug-likeness (QED) is 0.302. The lowest BCUT2D eigenvalue weighted by atomic mass is 10.1. The number of nitrogens with zero attached hydrogens (tertiary/aromatic N) is 2. The number of H-pyrrole nitrogens is 1. The molecule has 1 fully saturated rings. The molecule has 3 aromatic carbocycles. The highest BCUT2D eigenvalue weighted by molar-refractivity contribution is 5.93. The van der Waals surface area contributed by atoms with Crippen molar-refractivity contribution in [3.63, 3.8) is 0 Å². The fraction of sp³-hybridized carbons (Fsp3) is 0.267. The summed E-state index contributed by atoms with van der Waals surface area (Å²) in [6.45, 7) is 2.77. The molecule has 1 saturated carbocycles. The van der Waals surface area contributed by atoms with E-state index < -0.39 is 0 Å². The van der Waals surface area contributed by atoms with Crippen molar-refractivity contribution in [2.75, 3.05) is 18.4 Å². The van der Waals surface area contributed by atoms with Crippen LogP contribution in [0.1, 0.15) is 29.5 Å². The summed E-state index contributed by atoms with van der Waals surface area (Å²) in [4.78, 5) is 33.5. The highest BCUT2D eigenvalue weighted by atomic mass is 19.1. The number of hydrogen-bond acceptors (Lipinski definition) is 2. The Bertz CT molecular complexity index is 1390. The van der Waals surface area contributed by atoms with Gasteiger partial charge in [0.15, 0.2) is 0 Å². The molecule has 190 valence electrons. The van der Waals surface area contributed by atoms with Gasteiger partial charge in [-0.25, -0.2) is 9.18 Å². The Balaban J connectivity index is 1.32. The fourth-order valence-corrected chi connectivity index (χ4v) is 4.59. The zero-order valence-corrected chi connectivity index (χ0v) is 20.9. The molecular weight excluding hydrogens is 467 g/mol. The third-order valence-corrected chi connectivity index (χ3v) is 6.91. The van der Waals surface area contributed by atoms with Gasteiger partial charge in [0.1, 0.15) is 12.4 Å². The number of anilines is 1. The SMILES string of the molecule is Cc1ccccc1NC(=O)N(CC(=O)N(CCc1c[nH]c2ccccc12)Cc1ccc(F)cc1)C1CC1. The van der Waals surface area contributed by atoms with E-state index >= 15 is 0 Å². The summed E-state index contributed by atoms with van der Waals surface area (Å²) >= 11 is 0.